The van der Waals surface area contributed by atoms with Gasteiger partial charge < -0.3 is 24.2 Å². The van der Waals surface area contributed by atoms with Crippen LogP contribution in [0, 0.1) is 6.92 Å². The number of aryl methyl sites for hydroxylation is 2. The van der Waals surface area contributed by atoms with Crippen molar-refractivity contribution in [3.8, 4) is 11.3 Å². The summed E-state index contributed by atoms with van der Waals surface area (Å²) in [5, 5.41) is 29.3. The molecule has 0 aliphatic rings. The third-order valence-corrected chi connectivity index (χ3v) is 4.75. The summed E-state index contributed by atoms with van der Waals surface area (Å²) in [7, 11) is 0. The Bertz CT molecular complexity index is 1070. The molecule has 28 heavy (non-hydrogen) atoms. The van der Waals surface area contributed by atoms with Crippen LogP contribution in [0.2, 0.25) is 0 Å². The summed E-state index contributed by atoms with van der Waals surface area (Å²) in [4.78, 5) is 26.4. The maximum Gasteiger partial charge on any atom is 0.213 e. The number of aromatic nitrogens is 3. The van der Waals surface area contributed by atoms with Crippen LogP contribution in [0.4, 0.5) is 0 Å². The van der Waals surface area contributed by atoms with Crippen molar-refractivity contribution in [2.45, 2.75) is 25.4 Å². The van der Waals surface area contributed by atoms with Crippen LogP contribution in [0.25, 0.3) is 17.4 Å². The molecule has 0 saturated heterocycles. The number of H-pyrrole nitrogens is 1. The highest BCUT2D eigenvalue weighted by atomic mass is 32.2. The van der Waals surface area contributed by atoms with E-state index >= 15 is 0 Å². The number of nitrogens with zero attached hydrogens (tertiary/aromatic N) is 2. The van der Waals surface area contributed by atoms with Gasteiger partial charge in [-0.05, 0) is 54.1 Å². The Balaban J connectivity index is 1.86. The van der Waals surface area contributed by atoms with Crippen LogP contribution in [-0.4, -0.2) is 27.1 Å². The Morgan fingerprint density at radius 1 is 1.25 bits per heavy atom. The van der Waals surface area contributed by atoms with E-state index in [1.54, 1.807) is 25.1 Å². The Hall–Kier alpha value is -3.33. The first-order chi connectivity index (χ1) is 13.4. The third-order valence-electron chi connectivity index (χ3n) is 3.88. The number of carbonyl (C=O) groups is 2. The van der Waals surface area contributed by atoms with Gasteiger partial charge in [-0.2, -0.15) is 0 Å². The molecule has 3 rings (SSSR count). The minimum atomic E-state index is -1.37. The molecule has 0 atom stereocenters. The molecule has 0 aliphatic heterocycles. The summed E-state index contributed by atoms with van der Waals surface area (Å²) in [5.74, 6) is -1.21. The van der Waals surface area contributed by atoms with E-state index in [0.717, 1.165) is 11.8 Å². The van der Waals surface area contributed by atoms with Gasteiger partial charge in [0.1, 0.15) is 17.3 Å². The second-order valence-corrected chi connectivity index (χ2v) is 6.84. The molecular weight excluding hydrogens is 382 g/mol. The molecule has 0 radical (unpaired) electrons. The van der Waals surface area contributed by atoms with E-state index in [2.05, 4.69) is 15.2 Å². The second-order valence-electron chi connectivity index (χ2n) is 5.84. The number of aliphatic carboxylic acids is 1. The maximum absolute atomic E-state index is 11.4. The number of aromatic amines is 1. The van der Waals surface area contributed by atoms with E-state index in [1.807, 2.05) is 6.92 Å². The number of carbonyl (C=O) groups excluding carboxylic acids is 2. The first-order valence-corrected chi connectivity index (χ1v) is 9.13. The van der Waals surface area contributed by atoms with Crippen LogP contribution in [0.1, 0.15) is 34.4 Å². The van der Waals surface area contributed by atoms with Gasteiger partial charge in [0.05, 0.1) is 11.9 Å². The van der Waals surface area contributed by atoms with Crippen LogP contribution >= 0.6 is 11.8 Å². The first kappa shape index (κ1) is 19.4. The molecule has 8 nitrogen and oxygen atoms in total. The van der Waals surface area contributed by atoms with Crippen molar-refractivity contribution in [3.63, 3.8) is 0 Å². The predicted octanol–water partition coefficient (Wildman–Crippen LogP) is 1.18. The van der Waals surface area contributed by atoms with Crippen molar-refractivity contribution >= 4 is 29.8 Å². The minimum Gasteiger partial charge on any atom is -0.545 e. The lowest BCUT2D eigenvalue weighted by Crippen LogP contribution is -2.23. The van der Waals surface area contributed by atoms with Gasteiger partial charge in [-0.1, -0.05) is 19.1 Å². The molecule has 0 bridgehead atoms. The molecule has 0 fully saturated rings. The molecule has 1 N–H and O–H groups in total. The number of nitrogens with one attached hydrogen (secondary N) is 1. The lowest BCUT2D eigenvalue weighted by molar-refractivity contribution is -0.298. The van der Waals surface area contributed by atoms with Crippen molar-refractivity contribution in [1.82, 2.24) is 15.2 Å². The summed E-state index contributed by atoms with van der Waals surface area (Å²) < 4.78 is 5.70. The summed E-state index contributed by atoms with van der Waals surface area (Å²) in [5.41, 5.74) is 1.45. The molecule has 2 aromatic heterocycles. The van der Waals surface area contributed by atoms with E-state index in [0.29, 0.717) is 34.9 Å². The molecule has 2 heterocycles. The number of aromatic carboxylic acids is 1. The van der Waals surface area contributed by atoms with E-state index in [4.69, 9.17) is 4.42 Å². The quantitative estimate of drug-likeness (QED) is 0.464. The van der Waals surface area contributed by atoms with Gasteiger partial charge >= 0.3 is 0 Å². The summed E-state index contributed by atoms with van der Waals surface area (Å²) in [6, 6.07) is 7.81. The van der Waals surface area contributed by atoms with Gasteiger partial charge in [-0.15, -0.1) is 5.10 Å². The topological polar surface area (TPSA) is 135 Å². The smallest absolute Gasteiger partial charge is 0.213 e. The number of hydrogen-bond donors (Lipinski definition) is 1. The monoisotopic (exact) mass is 397 g/mol. The zero-order valence-electron chi connectivity index (χ0n) is 15.0. The van der Waals surface area contributed by atoms with Gasteiger partial charge in [-0.25, -0.2) is 4.98 Å². The second kappa shape index (κ2) is 8.13. The molecule has 3 aromatic rings. The van der Waals surface area contributed by atoms with Gasteiger partial charge in [-0.3, -0.25) is 5.10 Å². The number of carboxylic acids is 2. The Morgan fingerprint density at radius 2 is 2.04 bits per heavy atom. The van der Waals surface area contributed by atoms with Gasteiger partial charge in [0.25, 0.3) is 0 Å². The molecule has 144 valence electrons. The van der Waals surface area contributed by atoms with Crippen LogP contribution in [0.3, 0.4) is 0 Å². The lowest BCUT2D eigenvalue weighted by atomic mass is 10.0. The van der Waals surface area contributed by atoms with Crippen LogP contribution in [-0.2, 0) is 11.2 Å². The van der Waals surface area contributed by atoms with Crippen LogP contribution in [0.15, 0.2) is 44.8 Å². The number of benzene rings is 1. The lowest BCUT2D eigenvalue weighted by Gasteiger charge is -2.07. The molecule has 0 saturated carbocycles. The van der Waals surface area contributed by atoms with Crippen LogP contribution < -0.4 is 10.2 Å². The van der Waals surface area contributed by atoms with Crippen molar-refractivity contribution in [2.24, 2.45) is 0 Å². The van der Waals surface area contributed by atoms with Crippen molar-refractivity contribution < 1.29 is 24.2 Å². The fourth-order valence-electron chi connectivity index (χ4n) is 2.48. The Kier molecular flexibility index (Phi) is 5.65. The molecule has 0 aliphatic carbocycles. The summed E-state index contributed by atoms with van der Waals surface area (Å²) in [6.45, 7) is 3.65. The Morgan fingerprint density at radius 3 is 2.64 bits per heavy atom. The number of carboxylic acid groups (broad SMARTS) is 2. The first-order valence-electron chi connectivity index (χ1n) is 8.31. The number of thioether (sulfide) groups is 1. The molecule has 0 unspecified atom stereocenters. The number of rotatable bonds is 7. The third kappa shape index (κ3) is 4.32. The maximum atomic E-state index is 11.4. The zero-order chi connectivity index (χ0) is 20.3. The minimum absolute atomic E-state index is 0.0708. The number of hydrogen-bond acceptors (Lipinski definition) is 8. The zero-order valence-corrected chi connectivity index (χ0v) is 15.8. The highest BCUT2D eigenvalue weighted by molar-refractivity contribution is 8.04. The van der Waals surface area contributed by atoms with Gasteiger partial charge in [0.2, 0.25) is 5.16 Å². The van der Waals surface area contributed by atoms with E-state index in [-0.39, 0.29) is 15.6 Å². The average Bonchev–Trinajstić information content (AvgIpc) is 3.30. The highest BCUT2D eigenvalue weighted by Crippen LogP contribution is 2.29. The van der Waals surface area contributed by atoms with Crippen molar-refractivity contribution in [2.75, 3.05) is 0 Å². The van der Waals surface area contributed by atoms with Crippen molar-refractivity contribution in [1.29, 1.82) is 0 Å². The van der Waals surface area contributed by atoms with Gasteiger partial charge in [0.15, 0.2) is 0 Å². The standard InChI is InChI=1S/C19H17N3O5S/c1-3-16-20-19(22-21-16)28-15(18(25)26)9-12-5-7-14(27-12)13-6-4-11(17(23)24)8-10(13)2/h4-9H,3H2,1-2H3,(H,23,24)(H,25,26)(H,20,21,22)/p-2/b15-9+. The molecule has 0 amide bonds. The van der Waals surface area contributed by atoms with E-state index in [1.165, 1.54) is 18.2 Å². The van der Waals surface area contributed by atoms with Crippen molar-refractivity contribution in [3.05, 3.63) is 57.9 Å². The Labute approximate surface area is 164 Å². The molecule has 0 spiro atoms. The van der Waals surface area contributed by atoms with E-state index in [9.17, 15) is 19.8 Å². The predicted molar refractivity (Wildman–Crippen MR) is 97.8 cm³/mol. The highest BCUT2D eigenvalue weighted by Gasteiger charge is 2.11. The van der Waals surface area contributed by atoms with Crippen LogP contribution in [0.5, 0.6) is 0 Å². The normalized spacial score (nSPS) is 11.6. The largest absolute Gasteiger partial charge is 0.545 e. The van der Waals surface area contributed by atoms with E-state index < -0.39 is 11.9 Å². The molecular formula is C19H15N3O5S-2. The number of furan rings is 1. The summed E-state index contributed by atoms with van der Waals surface area (Å²) >= 11 is 0.855. The molecule has 1 aromatic carbocycles. The SMILES string of the molecule is CCc1nc(S/C(=C/c2ccc(-c3ccc(C(=O)[O-])cc3C)o2)C(=O)[O-])n[nH]1. The fraction of sp³-hybridized carbons (Fsp3) is 0.158. The fourth-order valence-corrected chi connectivity index (χ4v) is 3.18. The average molecular weight is 397 g/mol. The van der Waals surface area contributed by atoms with Gasteiger partial charge in [0, 0.05) is 16.9 Å². The summed E-state index contributed by atoms with van der Waals surface area (Å²) in [6.07, 6.45) is 1.98. The molecule has 9 heteroatoms.